The summed E-state index contributed by atoms with van der Waals surface area (Å²) in [6.45, 7) is 12.4. The molecule has 2 amide bonds. The van der Waals surface area contributed by atoms with E-state index in [2.05, 4.69) is 18.1 Å². The van der Waals surface area contributed by atoms with Gasteiger partial charge in [0.1, 0.15) is 0 Å². The van der Waals surface area contributed by atoms with E-state index in [-0.39, 0.29) is 11.8 Å². The van der Waals surface area contributed by atoms with Gasteiger partial charge < -0.3 is 9.80 Å². The summed E-state index contributed by atoms with van der Waals surface area (Å²) in [4.78, 5) is 30.7. The highest BCUT2D eigenvalue weighted by atomic mass is 16.2. The summed E-state index contributed by atoms with van der Waals surface area (Å²) in [5, 5.41) is 0. The second kappa shape index (κ2) is 8.87. The number of piperidine rings is 1. The van der Waals surface area contributed by atoms with E-state index in [1.165, 1.54) is 0 Å². The van der Waals surface area contributed by atoms with Gasteiger partial charge >= 0.3 is 0 Å². The molecule has 0 aromatic carbocycles. The maximum Gasteiger partial charge on any atom is 0.237 e. The summed E-state index contributed by atoms with van der Waals surface area (Å²) in [5.41, 5.74) is 0. The Hall–Kier alpha value is -1.62. The molecule has 0 aromatic heterocycles. The fraction of sp³-hybridized carbons (Fsp3) is 0.667. The average molecular weight is 319 g/mol. The molecular weight excluding hydrogens is 290 g/mol. The highest BCUT2D eigenvalue weighted by molar-refractivity contribution is 5.80. The molecule has 0 radical (unpaired) electrons. The third kappa shape index (κ3) is 4.93. The number of carbonyl (C=O) groups is 2. The second-order valence-corrected chi connectivity index (χ2v) is 6.46. The van der Waals surface area contributed by atoms with Crippen LogP contribution in [0.1, 0.15) is 25.7 Å². The van der Waals surface area contributed by atoms with E-state index < -0.39 is 0 Å². The standard InChI is InChI=1S/C18H29N3O2/c1-3-9-20(10-4-2)17(22)15-19-13-7-16(8-14-19)18(23)21-11-5-6-12-21/h3-4,16H,1-2,5-15H2. The van der Waals surface area contributed by atoms with Gasteiger partial charge in [0.25, 0.3) is 0 Å². The van der Waals surface area contributed by atoms with Gasteiger partial charge in [-0.05, 0) is 38.8 Å². The maximum atomic E-state index is 12.4. The topological polar surface area (TPSA) is 43.9 Å². The first-order valence-electron chi connectivity index (χ1n) is 8.66. The van der Waals surface area contributed by atoms with E-state index in [1.807, 2.05) is 4.90 Å². The summed E-state index contributed by atoms with van der Waals surface area (Å²) in [7, 11) is 0. The summed E-state index contributed by atoms with van der Waals surface area (Å²) in [6, 6.07) is 0. The first kappa shape index (κ1) is 17.7. The van der Waals surface area contributed by atoms with Gasteiger partial charge in [0.05, 0.1) is 6.54 Å². The van der Waals surface area contributed by atoms with Gasteiger partial charge in [0, 0.05) is 32.1 Å². The SMILES string of the molecule is C=CCN(CC=C)C(=O)CN1CCC(C(=O)N2CCCC2)CC1. The molecule has 0 bridgehead atoms. The molecular formula is C18H29N3O2. The van der Waals surface area contributed by atoms with Crippen LogP contribution in [0.25, 0.3) is 0 Å². The highest BCUT2D eigenvalue weighted by Crippen LogP contribution is 2.22. The Morgan fingerprint density at radius 1 is 1.00 bits per heavy atom. The molecule has 2 aliphatic heterocycles. The minimum Gasteiger partial charge on any atom is -0.342 e. The number of hydrogen-bond acceptors (Lipinski definition) is 3. The molecule has 0 aromatic rings. The summed E-state index contributed by atoms with van der Waals surface area (Å²) < 4.78 is 0. The Morgan fingerprint density at radius 3 is 2.09 bits per heavy atom. The molecule has 0 spiro atoms. The van der Waals surface area contributed by atoms with Crippen molar-refractivity contribution in [2.45, 2.75) is 25.7 Å². The van der Waals surface area contributed by atoms with Crippen molar-refractivity contribution in [2.75, 3.05) is 45.8 Å². The van der Waals surface area contributed by atoms with Crippen LogP contribution in [-0.4, -0.2) is 72.3 Å². The number of hydrogen-bond donors (Lipinski definition) is 0. The molecule has 23 heavy (non-hydrogen) atoms. The van der Waals surface area contributed by atoms with Gasteiger partial charge in [-0.2, -0.15) is 0 Å². The van der Waals surface area contributed by atoms with Gasteiger partial charge in [0.15, 0.2) is 0 Å². The van der Waals surface area contributed by atoms with Gasteiger partial charge in [-0.1, -0.05) is 12.2 Å². The van der Waals surface area contributed by atoms with Gasteiger partial charge in [-0.3, -0.25) is 14.5 Å². The molecule has 0 unspecified atom stereocenters. The first-order chi connectivity index (χ1) is 11.2. The minimum atomic E-state index is 0.106. The molecule has 2 fully saturated rings. The zero-order chi connectivity index (χ0) is 16.7. The number of rotatable bonds is 7. The van der Waals surface area contributed by atoms with Crippen molar-refractivity contribution in [1.82, 2.24) is 14.7 Å². The quantitative estimate of drug-likeness (QED) is 0.668. The van der Waals surface area contributed by atoms with E-state index in [1.54, 1.807) is 17.1 Å². The third-order valence-corrected chi connectivity index (χ3v) is 4.77. The molecule has 5 nitrogen and oxygen atoms in total. The van der Waals surface area contributed by atoms with Crippen LogP contribution in [0.15, 0.2) is 25.3 Å². The van der Waals surface area contributed by atoms with Crippen molar-refractivity contribution >= 4 is 11.8 Å². The monoisotopic (exact) mass is 319 g/mol. The predicted octanol–water partition coefficient (Wildman–Crippen LogP) is 1.52. The lowest BCUT2D eigenvalue weighted by Crippen LogP contribution is -2.46. The summed E-state index contributed by atoms with van der Waals surface area (Å²) in [6.07, 6.45) is 7.49. The van der Waals surface area contributed by atoms with Crippen LogP contribution < -0.4 is 0 Å². The molecule has 5 heteroatoms. The Morgan fingerprint density at radius 2 is 1.57 bits per heavy atom. The first-order valence-corrected chi connectivity index (χ1v) is 8.66. The fourth-order valence-corrected chi connectivity index (χ4v) is 3.41. The average Bonchev–Trinajstić information content (AvgIpc) is 3.09. The number of amides is 2. The lowest BCUT2D eigenvalue weighted by molar-refractivity contribution is -0.136. The molecule has 2 aliphatic rings. The van der Waals surface area contributed by atoms with Gasteiger partial charge in [0.2, 0.25) is 11.8 Å². The summed E-state index contributed by atoms with van der Waals surface area (Å²) in [5.74, 6) is 0.583. The van der Waals surface area contributed by atoms with Crippen LogP contribution >= 0.6 is 0 Å². The third-order valence-electron chi connectivity index (χ3n) is 4.77. The Labute approximate surface area is 139 Å². The highest BCUT2D eigenvalue weighted by Gasteiger charge is 2.30. The Kier molecular flexibility index (Phi) is 6.84. The van der Waals surface area contributed by atoms with Crippen molar-refractivity contribution < 1.29 is 9.59 Å². The van der Waals surface area contributed by atoms with Crippen LogP contribution in [-0.2, 0) is 9.59 Å². The number of nitrogens with zero attached hydrogens (tertiary/aromatic N) is 3. The van der Waals surface area contributed by atoms with E-state index >= 15 is 0 Å². The van der Waals surface area contributed by atoms with Crippen molar-refractivity contribution in [3.05, 3.63) is 25.3 Å². The largest absolute Gasteiger partial charge is 0.342 e. The number of likely N-dealkylation sites (tertiary alicyclic amines) is 2. The molecule has 0 N–H and O–H groups in total. The van der Waals surface area contributed by atoms with Gasteiger partial charge in [-0.25, -0.2) is 0 Å². The fourth-order valence-electron chi connectivity index (χ4n) is 3.41. The Balaban J connectivity index is 1.77. The van der Waals surface area contributed by atoms with Crippen LogP contribution in [0.2, 0.25) is 0 Å². The lowest BCUT2D eigenvalue weighted by atomic mass is 9.95. The number of carbonyl (C=O) groups excluding carboxylic acids is 2. The van der Waals surface area contributed by atoms with Crippen LogP contribution in [0.3, 0.4) is 0 Å². The van der Waals surface area contributed by atoms with Crippen molar-refractivity contribution in [3.63, 3.8) is 0 Å². The predicted molar refractivity (Wildman–Crippen MR) is 92.0 cm³/mol. The van der Waals surface area contributed by atoms with Crippen LogP contribution in [0.4, 0.5) is 0 Å². The molecule has 2 saturated heterocycles. The van der Waals surface area contributed by atoms with E-state index in [0.717, 1.165) is 51.9 Å². The molecule has 128 valence electrons. The zero-order valence-electron chi connectivity index (χ0n) is 14.1. The minimum absolute atomic E-state index is 0.106. The normalized spacial score (nSPS) is 19.6. The second-order valence-electron chi connectivity index (χ2n) is 6.46. The zero-order valence-corrected chi connectivity index (χ0v) is 14.1. The van der Waals surface area contributed by atoms with E-state index in [4.69, 9.17) is 0 Å². The van der Waals surface area contributed by atoms with Crippen molar-refractivity contribution in [3.8, 4) is 0 Å². The van der Waals surface area contributed by atoms with Gasteiger partial charge in [-0.15, -0.1) is 13.2 Å². The molecule has 0 aliphatic carbocycles. The lowest BCUT2D eigenvalue weighted by Gasteiger charge is -2.33. The maximum absolute atomic E-state index is 12.4. The van der Waals surface area contributed by atoms with E-state index in [9.17, 15) is 9.59 Å². The molecule has 2 heterocycles. The molecule has 0 saturated carbocycles. The summed E-state index contributed by atoms with van der Waals surface area (Å²) >= 11 is 0. The van der Waals surface area contributed by atoms with Crippen molar-refractivity contribution in [1.29, 1.82) is 0 Å². The van der Waals surface area contributed by atoms with Crippen LogP contribution in [0, 0.1) is 5.92 Å². The molecule has 2 rings (SSSR count). The van der Waals surface area contributed by atoms with Crippen LogP contribution in [0.5, 0.6) is 0 Å². The van der Waals surface area contributed by atoms with E-state index in [0.29, 0.717) is 25.5 Å². The Bertz CT molecular complexity index is 426. The smallest absolute Gasteiger partial charge is 0.237 e. The molecule has 0 atom stereocenters. The van der Waals surface area contributed by atoms with Crippen molar-refractivity contribution in [2.24, 2.45) is 5.92 Å².